The van der Waals surface area contributed by atoms with Crippen LogP contribution in [0.25, 0.3) is 0 Å². The zero-order valence-electron chi connectivity index (χ0n) is 11.3. The van der Waals surface area contributed by atoms with Crippen LogP contribution in [0.1, 0.15) is 12.5 Å². The Hall–Kier alpha value is -2.23. The van der Waals surface area contributed by atoms with Crippen molar-refractivity contribution < 1.29 is 4.74 Å². The van der Waals surface area contributed by atoms with Gasteiger partial charge in [-0.3, -0.25) is 0 Å². The molecule has 1 heterocycles. The third-order valence-corrected chi connectivity index (χ3v) is 2.70. The summed E-state index contributed by atoms with van der Waals surface area (Å²) in [6, 6.07) is 11.7. The SMILES string of the molecule is Cc1ccc(OCC(C)Nc2cc(N)ccn2)cc1. The van der Waals surface area contributed by atoms with Gasteiger partial charge in [0.1, 0.15) is 18.2 Å². The standard InChI is InChI=1S/C15H19N3O/c1-11-3-5-14(6-4-11)19-10-12(2)18-15-9-13(16)7-8-17-15/h3-9,12H,10H2,1-2H3,(H3,16,17,18). The lowest BCUT2D eigenvalue weighted by Gasteiger charge is -2.15. The lowest BCUT2D eigenvalue weighted by molar-refractivity contribution is 0.303. The van der Waals surface area contributed by atoms with Gasteiger partial charge in [0, 0.05) is 18.0 Å². The minimum Gasteiger partial charge on any atom is -0.491 e. The molecule has 1 aromatic carbocycles. The van der Waals surface area contributed by atoms with Crippen molar-refractivity contribution in [2.45, 2.75) is 19.9 Å². The average molecular weight is 257 g/mol. The number of pyridine rings is 1. The largest absolute Gasteiger partial charge is 0.491 e. The van der Waals surface area contributed by atoms with Crippen molar-refractivity contribution in [3.63, 3.8) is 0 Å². The number of nitrogens with two attached hydrogens (primary N) is 1. The van der Waals surface area contributed by atoms with Gasteiger partial charge in [0.2, 0.25) is 0 Å². The van der Waals surface area contributed by atoms with Crippen molar-refractivity contribution in [1.29, 1.82) is 0 Å². The van der Waals surface area contributed by atoms with Gasteiger partial charge in [0.15, 0.2) is 0 Å². The molecule has 0 spiro atoms. The quantitative estimate of drug-likeness (QED) is 0.864. The zero-order valence-corrected chi connectivity index (χ0v) is 11.3. The first-order valence-electron chi connectivity index (χ1n) is 6.31. The monoisotopic (exact) mass is 257 g/mol. The van der Waals surface area contributed by atoms with Crippen LogP contribution in [0.15, 0.2) is 42.6 Å². The molecule has 2 rings (SSSR count). The molecule has 0 radical (unpaired) electrons. The van der Waals surface area contributed by atoms with E-state index in [0.29, 0.717) is 12.3 Å². The van der Waals surface area contributed by atoms with Gasteiger partial charge in [-0.25, -0.2) is 4.98 Å². The number of anilines is 2. The smallest absolute Gasteiger partial charge is 0.128 e. The summed E-state index contributed by atoms with van der Waals surface area (Å²) < 4.78 is 5.70. The van der Waals surface area contributed by atoms with E-state index in [9.17, 15) is 0 Å². The Morgan fingerprint density at radius 2 is 2.00 bits per heavy atom. The molecule has 100 valence electrons. The Labute approximate surface area is 113 Å². The summed E-state index contributed by atoms with van der Waals surface area (Å²) >= 11 is 0. The van der Waals surface area contributed by atoms with Crippen molar-refractivity contribution in [3.05, 3.63) is 48.2 Å². The van der Waals surface area contributed by atoms with Crippen LogP contribution in [-0.2, 0) is 0 Å². The molecule has 0 amide bonds. The zero-order chi connectivity index (χ0) is 13.7. The Morgan fingerprint density at radius 1 is 1.26 bits per heavy atom. The van der Waals surface area contributed by atoms with Gasteiger partial charge in [-0.1, -0.05) is 17.7 Å². The molecule has 0 saturated heterocycles. The van der Waals surface area contributed by atoms with Gasteiger partial charge in [-0.15, -0.1) is 0 Å². The molecule has 1 atom stereocenters. The summed E-state index contributed by atoms with van der Waals surface area (Å²) in [6.07, 6.45) is 1.69. The first-order chi connectivity index (χ1) is 9.13. The highest BCUT2D eigenvalue weighted by atomic mass is 16.5. The van der Waals surface area contributed by atoms with E-state index in [1.807, 2.05) is 37.3 Å². The molecule has 1 unspecified atom stereocenters. The summed E-state index contributed by atoms with van der Waals surface area (Å²) in [5.41, 5.74) is 7.63. The van der Waals surface area contributed by atoms with Crippen molar-refractivity contribution in [2.75, 3.05) is 17.7 Å². The Morgan fingerprint density at radius 3 is 2.68 bits per heavy atom. The topological polar surface area (TPSA) is 60.2 Å². The fraction of sp³-hybridized carbons (Fsp3) is 0.267. The van der Waals surface area contributed by atoms with E-state index in [1.54, 1.807) is 12.3 Å². The van der Waals surface area contributed by atoms with Gasteiger partial charge >= 0.3 is 0 Å². The lowest BCUT2D eigenvalue weighted by atomic mass is 10.2. The number of aryl methyl sites for hydroxylation is 1. The lowest BCUT2D eigenvalue weighted by Crippen LogP contribution is -2.24. The van der Waals surface area contributed by atoms with E-state index in [1.165, 1.54) is 5.56 Å². The molecule has 3 N–H and O–H groups in total. The molecule has 0 aliphatic carbocycles. The van der Waals surface area contributed by atoms with Crippen LogP contribution in [0.3, 0.4) is 0 Å². The fourth-order valence-corrected chi connectivity index (χ4v) is 1.68. The Balaban J connectivity index is 1.84. The number of nitrogens with zero attached hydrogens (tertiary/aromatic N) is 1. The number of hydrogen-bond acceptors (Lipinski definition) is 4. The maximum absolute atomic E-state index is 5.70. The van der Waals surface area contributed by atoms with Crippen LogP contribution >= 0.6 is 0 Å². The van der Waals surface area contributed by atoms with Gasteiger partial charge in [-0.05, 0) is 32.0 Å². The number of nitrogens with one attached hydrogen (secondary N) is 1. The van der Waals surface area contributed by atoms with Crippen LogP contribution < -0.4 is 15.8 Å². The van der Waals surface area contributed by atoms with Crippen LogP contribution in [0.2, 0.25) is 0 Å². The van der Waals surface area contributed by atoms with Gasteiger partial charge in [0.25, 0.3) is 0 Å². The average Bonchev–Trinajstić information content (AvgIpc) is 2.38. The third-order valence-electron chi connectivity index (χ3n) is 2.70. The molecule has 0 aliphatic rings. The minimum atomic E-state index is 0.149. The second kappa shape index (κ2) is 6.09. The van der Waals surface area contributed by atoms with Gasteiger partial charge < -0.3 is 15.8 Å². The van der Waals surface area contributed by atoms with E-state index >= 15 is 0 Å². The minimum absolute atomic E-state index is 0.149. The predicted octanol–water partition coefficient (Wildman–Crippen LogP) is 2.85. The maximum atomic E-state index is 5.70. The van der Waals surface area contributed by atoms with Crippen molar-refractivity contribution in [1.82, 2.24) is 4.98 Å². The highest BCUT2D eigenvalue weighted by Gasteiger charge is 2.04. The molecule has 0 aliphatic heterocycles. The van der Waals surface area contributed by atoms with E-state index in [-0.39, 0.29) is 6.04 Å². The highest BCUT2D eigenvalue weighted by Crippen LogP contribution is 2.13. The molecule has 2 aromatic rings. The van der Waals surface area contributed by atoms with Crippen molar-refractivity contribution in [3.8, 4) is 5.75 Å². The number of aromatic nitrogens is 1. The Bertz CT molecular complexity index is 525. The Kier molecular flexibility index (Phi) is 4.23. The molecule has 0 fully saturated rings. The molecule has 0 bridgehead atoms. The normalized spacial score (nSPS) is 11.9. The van der Waals surface area contributed by atoms with Crippen LogP contribution in [0.4, 0.5) is 11.5 Å². The van der Waals surface area contributed by atoms with Crippen LogP contribution in [-0.4, -0.2) is 17.6 Å². The summed E-state index contributed by atoms with van der Waals surface area (Å²) in [5.74, 6) is 1.64. The fourth-order valence-electron chi connectivity index (χ4n) is 1.68. The van der Waals surface area contributed by atoms with E-state index < -0.39 is 0 Å². The summed E-state index contributed by atoms with van der Waals surface area (Å²) in [5, 5.41) is 3.25. The van der Waals surface area contributed by atoms with E-state index in [4.69, 9.17) is 10.5 Å². The molecular weight excluding hydrogens is 238 g/mol. The molecule has 4 nitrogen and oxygen atoms in total. The molecule has 19 heavy (non-hydrogen) atoms. The van der Waals surface area contributed by atoms with E-state index in [0.717, 1.165) is 11.6 Å². The van der Waals surface area contributed by atoms with E-state index in [2.05, 4.69) is 17.2 Å². The predicted molar refractivity (Wildman–Crippen MR) is 78.4 cm³/mol. The molecule has 0 saturated carbocycles. The van der Waals surface area contributed by atoms with Crippen molar-refractivity contribution >= 4 is 11.5 Å². The molecule has 4 heteroatoms. The first kappa shape index (κ1) is 13.2. The maximum Gasteiger partial charge on any atom is 0.128 e. The van der Waals surface area contributed by atoms with Gasteiger partial charge in [0.05, 0.1) is 6.04 Å². The second-order valence-electron chi connectivity index (χ2n) is 4.64. The highest BCUT2D eigenvalue weighted by molar-refractivity contribution is 5.48. The van der Waals surface area contributed by atoms with Crippen molar-refractivity contribution in [2.24, 2.45) is 0 Å². The van der Waals surface area contributed by atoms with Gasteiger partial charge in [-0.2, -0.15) is 0 Å². The first-order valence-corrected chi connectivity index (χ1v) is 6.31. The number of benzene rings is 1. The van der Waals surface area contributed by atoms with Crippen LogP contribution in [0, 0.1) is 6.92 Å². The third kappa shape index (κ3) is 4.17. The number of rotatable bonds is 5. The summed E-state index contributed by atoms with van der Waals surface area (Å²) in [6.45, 7) is 4.66. The van der Waals surface area contributed by atoms with Crippen LogP contribution in [0.5, 0.6) is 5.75 Å². The summed E-state index contributed by atoms with van der Waals surface area (Å²) in [7, 11) is 0. The molecule has 1 aromatic heterocycles. The number of nitrogen functional groups attached to an aromatic ring is 1. The number of hydrogen-bond donors (Lipinski definition) is 2. The second-order valence-corrected chi connectivity index (χ2v) is 4.64. The number of ether oxygens (including phenoxy) is 1. The summed E-state index contributed by atoms with van der Waals surface area (Å²) in [4.78, 5) is 4.20. The molecular formula is C15H19N3O.